The summed E-state index contributed by atoms with van der Waals surface area (Å²) < 4.78 is 4.76. The Morgan fingerprint density at radius 2 is 1.88 bits per heavy atom. The molecule has 1 aliphatic rings. The van der Waals surface area contributed by atoms with Crippen molar-refractivity contribution in [3.05, 3.63) is 52.2 Å². The molecule has 1 aliphatic carbocycles. The minimum atomic E-state index is -0.545. The van der Waals surface area contributed by atoms with Gasteiger partial charge in [0.15, 0.2) is 0 Å². The molecule has 0 aliphatic heterocycles. The Morgan fingerprint density at radius 1 is 1.09 bits per heavy atom. The molecule has 0 radical (unpaired) electrons. The molecule has 0 unspecified atom stereocenters. The lowest BCUT2D eigenvalue weighted by Gasteiger charge is -2.26. The van der Waals surface area contributed by atoms with Gasteiger partial charge in [0.25, 0.3) is 5.91 Å². The second-order valence-electron chi connectivity index (χ2n) is 7.58. The van der Waals surface area contributed by atoms with Gasteiger partial charge in [0.2, 0.25) is 11.8 Å². The molecule has 0 saturated heterocycles. The molecule has 0 atom stereocenters. The van der Waals surface area contributed by atoms with E-state index in [0.29, 0.717) is 10.6 Å². The van der Waals surface area contributed by atoms with Crippen LogP contribution in [0.5, 0.6) is 0 Å². The maximum atomic E-state index is 13.0. The maximum absolute atomic E-state index is 13.0. The Morgan fingerprint density at radius 3 is 2.56 bits per heavy atom. The number of nitrogens with zero attached hydrogens (tertiary/aromatic N) is 1. The summed E-state index contributed by atoms with van der Waals surface area (Å²) in [7, 11) is 1.27. The zero-order valence-electron chi connectivity index (χ0n) is 18.0. The van der Waals surface area contributed by atoms with Crippen LogP contribution >= 0.6 is 11.3 Å². The number of anilines is 1. The monoisotopic (exact) mass is 457 g/mol. The van der Waals surface area contributed by atoms with E-state index in [-0.39, 0.29) is 36.5 Å². The lowest BCUT2D eigenvalue weighted by atomic mass is 9.95. The molecule has 3 rings (SSSR count). The Bertz CT molecular complexity index is 954. The minimum absolute atomic E-state index is 0.105. The number of hydrogen-bond donors (Lipinski definition) is 2. The number of carbonyl (C=O) groups excluding carboxylic acids is 4. The molecule has 170 valence electrons. The first kappa shape index (κ1) is 23.5. The van der Waals surface area contributed by atoms with E-state index in [4.69, 9.17) is 4.74 Å². The van der Waals surface area contributed by atoms with Crippen LogP contribution in [0.2, 0.25) is 0 Å². The first-order valence-electron chi connectivity index (χ1n) is 10.6. The summed E-state index contributed by atoms with van der Waals surface area (Å²) >= 11 is 1.27. The van der Waals surface area contributed by atoms with Crippen molar-refractivity contribution in [1.29, 1.82) is 0 Å². The molecular weight excluding hydrogens is 430 g/mol. The van der Waals surface area contributed by atoms with Crippen molar-refractivity contribution in [2.75, 3.05) is 25.1 Å². The highest BCUT2D eigenvalue weighted by molar-refractivity contribution is 7.12. The van der Waals surface area contributed by atoms with Gasteiger partial charge in [-0.2, -0.15) is 0 Å². The standard InChI is InChI=1S/C23H27N3O5S/c1-31-23(30)16-7-5-10-18(13-16)26(15-20(27)25-17-8-3-2-4-9-17)21(28)14-24-22(29)19-11-6-12-32-19/h5-7,10-13,17H,2-4,8-9,14-15H2,1H3,(H,24,29)(H,25,27). The van der Waals surface area contributed by atoms with Crippen molar-refractivity contribution < 1.29 is 23.9 Å². The zero-order chi connectivity index (χ0) is 22.9. The lowest BCUT2D eigenvalue weighted by molar-refractivity contribution is -0.124. The molecule has 1 fully saturated rings. The highest BCUT2D eigenvalue weighted by Gasteiger charge is 2.23. The summed E-state index contributed by atoms with van der Waals surface area (Å²) in [5.74, 6) is -1.64. The van der Waals surface area contributed by atoms with Crippen LogP contribution in [0.25, 0.3) is 0 Å². The van der Waals surface area contributed by atoms with Crippen molar-refractivity contribution in [1.82, 2.24) is 10.6 Å². The minimum Gasteiger partial charge on any atom is -0.465 e. The number of ether oxygens (including phenoxy) is 1. The summed E-state index contributed by atoms with van der Waals surface area (Å²) in [6.45, 7) is -0.495. The topological polar surface area (TPSA) is 105 Å². The number of rotatable bonds is 8. The normalized spacial score (nSPS) is 13.8. The fourth-order valence-corrected chi connectivity index (χ4v) is 4.29. The average Bonchev–Trinajstić information content (AvgIpc) is 3.36. The number of methoxy groups -OCH3 is 1. The number of esters is 1. The number of amides is 3. The number of hydrogen-bond acceptors (Lipinski definition) is 6. The number of carbonyl (C=O) groups is 4. The highest BCUT2D eigenvalue weighted by Crippen LogP contribution is 2.19. The second kappa shape index (κ2) is 11.4. The number of thiophene rings is 1. The smallest absolute Gasteiger partial charge is 0.337 e. The summed E-state index contributed by atoms with van der Waals surface area (Å²) in [6.07, 6.45) is 5.16. The molecule has 1 aromatic heterocycles. The van der Waals surface area contributed by atoms with Crippen molar-refractivity contribution in [2.45, 2.75) is 38.1 Å². The van der Waals surface area contributed by atoms with Crippen molar-refractivity contribution in [3.63, 3.8) is 0 Å². The predicted octanol–water partition coefficient (Wildman–Crippen LogP) is 2.75. The van der Waals surface area contributed by atoms with E-state index in [2.05, 4.69) is 10.6 Å². The van der Waals surface area contributed by atoms with E-state index in [1.807, 2.05) is 0 Å². The summed E-state index contributed by atoms with van der Waals surface area (Å²) in [4.78, 5) is 51.7. The fourth-order valence-electron chi connectivity index (χ4n) is 3.65. The van der Waals surface area contributed by atoms with E-state index < -0.39 is 11.9 Å². The molecule has 3 amide bonds. The zero-order valence-corrected chi connectivity index (χ0v) is 18.8. The first-order chi connectivity index (χ1) is 15.5. The van der Waals surface area contributed by atoms with Gasteiger partial charge in [-0.15, -0.1) is 11.3 Å². The van der Waals surface area contributed by atoms with Crippen LogP contribution in [0.4, 0.5) is 5.69 Å². The van der Waals surface area contributed by atoms with Gasteiger partial charge in [0.05, 0.1) is 24.1 Å². The molecule has 2 N–H and O–H groups in total. The third-order valence-corrected chi connectivity index (χ3v) is 6.17. The maximum Gasteiger partial charge on any atom is 0.337 e. The van der Waals surface area contributed by atoms with Crippen LogP contribution in [0.3, 0.4) is 0 Å². The molecule has 1 saturated carbocycles. The van der Waals surface area contributed by atoms with Crippen LogP contribution in [0, 0.1) is 0 Å². The molecule has 1 aromatic carbocycles. The first-order valence-corrected chi connectivity index (χ1v) is 11.5. The lowest BCUT2D eigenvalue weighted by Crippen LogP contribution is -2.47. The van der Waals surface area contributed by atoms with Crippen LogP contribution in [-0.2, 0) is 14.3 Å². The molecule has 9 heteroatoms. The van der Waals surface area contributed by atoms with Crippen LogP contribution < -0.4 is 15.5 Å². The second-order valence-corrected chi connectivity index (χ2v) is 8.53. The highest BCUT2D eigenvalue weighted by atomic mass is 32.1. The van der Waals surface area contributed by atoms with E-state index in [0.717, 1.165) is 25.7 Å². The van der Waals surface area contributed by atoms with Gasteiger partial charge in [-0.05, 0) is 42.5 Å². The Balaban J connectivity index is 1.73. The SMILES string of the molecule is COC(=O)c1cccc(N(CC(=O)NC2CCCCC2)C(=O)CNC(=O)c2cccs2)c1. The molecule has 1 heterocycles. The Kier molecular flexibility index (Phi) is 8.38. The molecule has 8 nitrogen and oxygen atoms in total. The van der Waals surface area contributed by atoms with Gasteiger partial charge in [0, 0.05) is 11.7 Å². The van der Waals surface area contributed by atoms with Gasteiger partial charge < -0.3 is 20.3 Å². The van der Waals surface area contributed by atoms with Crippen molar-refractivity contribution in [3.8, 4) is 0 Å². The summed E-state index contributed by atoms with van der Waals surface area (Å²) in [5, 5.41) is 7.37. The largest absolute Gasteiger partial charge is 0.465 e. The predicted molar refractivity (Wildman–Crippen MR) is 122 cm³/mol. The Labute approximate surface area is 190 Å². The fraction of sp³-hybridized carbons (Fsp3) is 0.391. The average molecular weight is 458 g/mol. The quantitative estimate of drug-likeness (QED) is 0.593. The van der Waals surface area contributed by atoms with Crippen molar-refractivity contribution >= 4 is 40.7 Å². The number of nitrogens with one attached hydrogen (secondary N) is 2. The van der Waals surface area contributed by atoms with Gasteiger partial charge in [-0.3, -0.25) is 14.4 Å². The summed E-state index contributed by atoms with van der Waals surface area (Å²) in [5.41, 5.74) is 0.639. The summed E-state index contributed by atoms with van der Waals surface area (Å²) in [6, 6.07) is 9.84. The third kappa shape index (κ3) is 6.40. The van der Waals surface area contributed by atoms with Gasteiger partial charge >= 0.3 is 5.97 Å². The van der Waals surface area contributed by atoms with Gasteiger partial charge in [-0.25, -0.2) is 4.79 Å². The van der Waals surface area contributed by atoms with E-state index in [1.54, 1.807) is 35.7 Å². The Hall–Kier alpha value is -3.20. The molecule has 32 heavy (non-hydrogen) atoms. The van der Waals surface area contributed by atoms with Crippen LogP contribution in [0.15, 0.2) is 41.8 Å². The van der Waals surface area contributed by atoms with E-state index in [1.165, 1.54) is 35.8 Å². The van der Waals surface area contributed by atoms with Gasteiger partial charge in [-0.1, -0.05) is 31.4 Å². The van der Waals surface area contributed by atoms with E-state index in [9.17, 15) is 19.2 Å². The molecule has 0 spiro atoms. The third-order valence-electron chi connectivity index (χ3n) is 5.30. The van der Waals surface area contributed by atoms with Crippen molar-refractivity contribution in [2.24, 2.45) is 0 Å². The van der Waals surface area contributed by atoms with Crippen LogP contribution in [0.1, 0.15) is 52.1 Å². The molecular formula is C23H27N3O5S. The van der Waals surface area contributed by atoms with Gasteiger partial charge in [0.1, 0.15) is 6.54 Å². The molecule has 2 aromatic rings. The molecule has 0 bridgehead atoms. The number of benzene rings is 1. The van der Waals surface area contributed by atoms with E-state index >= 15 is 0 Å². The van der Waals surface area contributed by atoms with Crippen LogP contribution in [-0.4, -0.2) is 49.9 Å².